The molecule has 0 aliphatic rings. The zero-order valence-corrected chi connectivity index (χ0v) is 6.03. The molecule has 3 nitrogen and oxygen atoms in total. The summed E-state index contributed by atoms with van der Waals surface area (Å²) in [4.78, 5) is 8.04. The average molecular weight is 220 g/mol. The summed E-state index contributed by atoms with van der Waals surface area (Å²) in [5, 5.41) is 2.00. The third kappa shape index (κ3) is 8.99. The predicted molar refractivity (Wildman–Crippen MR) is 25.2 cm³/mol. The maximum atomic E-state index is 8.04. The van der Waals surface area contributed by atoms with Gasteiger partial charge in [0.05, 0.1) is 0 Å². The molecule has 0 heterocycles. The molecule has 1 unspecified atom stereocenters. The Morgan fingerprint density at radius 3 is 2.00 bits per heavy atom. The van der Waals surface area contributed by atoms with E-state index in [0.29, 0.717) is 0 Å². The van der Waals surface area contributed by atoms with Crippen molar-refractivity contribution in [2.24, 2.45) is 5.84 Å². The van der Waals surface area contributed by atoms with E-state index in [1.54, 1.807) is 0 Å². The fraction of sp³-hybridized carbons (Fsp3) is 0. The van der Waals surface area contributed by atoms with E-state index in [1.165, 1.54) is 0 Å². The smallest absolute Gasteiger partial charge is 0.127 e. The molecule has 0 saturated carbocycles. The molecule has 0 bridgehead atoms. The minimum Gasteiger partial charge on any atom is -0.355 e. The maximum Gasteiger partial charge on any atom is 0.127 e. The summed E-state index contributed by atoms with van der Waals surface area (Å²) in [7, 11) is -1.76. The summed E-state index contributed by atoms with van der Waals surface area (Å²) in [5.41, 5.74) is 0. The summed E-state index contributed by atoms with van der Waals surface area (Å²) in [6.45, 7) is 0. The van der Waals surface area contributed by atoms with Gasteiger partial charge in [-0.05, 0) is 0 Å². The van der Waals surface area contributed by atoms with Crippen molar-refractivity contribution in [3.05, 3.63) is 0 Å². The van der Waals surface area contributed by atoms with E-state index < -0.39 is 7.07 Å². The second-order valence-electron chi connectivity index (χ2n) is 0.449. The van der Waals surface area contributed by atoms with Gasteiger partial charge in [0.2, 0.25) is 0 Å². The number of hydrogen-bond acceptors (Lipinski definition) is 2. The monoisotopic (exact) mass is 219 g/mol. The van der Waals surface area contributed by atoms with Crippen LogP contribution in [0.2, 0.25) is 0 Å². The Morgan fingerprint density at radius 2 is 2.00 bits per heavy atom. The molecule has 0 aliphatic carbocycles. The Hall–Kier alpha value is 1.27. The van der Waals surface area contributed by atoms with E-state index in [-0.39, 0.29) is 22.4 Å². The minimum absolute atomic E-state index is 0. The van der Waals surface area contributed by atoms with Gasteiger partial charge in [-0.15, -0.1) is 0 Å². The molecule has 1 atom stereocenters. The van der Waals surface area contributed by atoms with Gasteiger partial charge in [-0.3, -0.25) is 5.84 Å². The van der Waals surface area contributed by atoms with Crippen molar-refractivity contribution >= 4 is 18.9 Å². The van der Waals surface area contributed by atoms with Gasteiger partial charge in [-0.2, -0.15) is 0 Å². The predicted octanol–water partition coefficient (Wildman–Crippen LogP) is -1.05. The first kappa shape index (κ1) is 10.3. The van der Waals surface area contributed by atoms with Gasteiger partial charge in [-0.25, -0.2) is 5.20 Å². The van der Waals surface area contributed by atoms with Gasteiger partial charge >= 0.3 is 0 Å². The van der Waals surface area contributed by atoms with Gasteiger partial charge in [0.15, 0.2) is 0 Å². The second kappa shape index (κ2) is 6.27. The molecule has 0 aromatic carbocycles. The quantitative estimate of drug-likeness (QED) is 0.228. The molecule has 0 aromatic heterocycles. The van der Waals surface area contributed by atoms with Crippen LogP contribution in [0.1, 0.15) is 0 Å². The summed E-state index contributed by atoms with van der Waals surface area (Å²) in [5.74, 6) is 4.61. The van der Waals surface area contributed by atoms with E-state index in [0.717, 1.165) is 0 Å². The van der Waals surface area contributed by atoms with Crippen LogP contribution in [-0.4, -0.2) is 4.89 Å². The molecule has 0 fully saturated rings. The fourth-order valence-corrected chi connectivity index (χ4v) is 0. The summed E-state index contributed by atoms with van der Waals surface area (Å²) in [6.07, 6.45) is 0. The molecule has 1 radical (unpaired) electrons. The molecule has 0 aromatic rings. The van der Waals surface area contributed by atoms with E-state index in [2.05, 4.69) is 17.6 Å². The molecule has 6 heavy (non-hydrogen) atoms. The number of nitrogens with two attached hydrogens (primary N) is 1. The van der Waals surface area contributed by atoms with Crippen LogP contribution in [0.25, 0.3) is 0 Å². The summed E-state index contributed by atoms with van der Waals surface area (Å²) < 4.78 is 0. The topological polar surface area (TPSA) is 58.3 Å². The summed E-state index contributed by atoms with van der Waals surface area (Å²) >= 11 is 4.20. The number of hydrazine groups is 1. The van der Waals surface area contributed by atoms with Crippen LogP contribution >= 0.6 is 7.07 Å². The van der Waals surface area contributed by atoms with Crippen molar-refractivity contribution in [2.75, 3.05) is 0 Å². The van der Waals surface area contributed by atoms with Gasteiger partial charge < -0.3 is 4.89 Å². The third-order valence-corrected chi connectivity index (χ3v) is 0.724. The molecule has 0 rings (SSSR count). The van der Waals surface area contributed by atoms with Crippen LogP contribution in [0.3, 0.4) is 0 Å². The molecular formula is H5AgN2OPS. The van der Waals surface area contributed by atoms with Gasteiger partial charge in [-0.1, -0.05) is 11.8 Å². The van der Waals surface area contributed by atoms with Crippen molar-refractivity contribution in [1.82, 2.24) is 5.20 Å². The first-order chi connectivity index (χ1) is 2.27. The van der Waals surface area contributed by atoms with Gasteiger partial charge in [0.25, 0.3) is 0 Å². The third-order valence-electron chi connectivity index (χ3n) is 0.123. The molecule has 0 saturated heterocycles. The Morgan fingerprint density at radius 1 is 1.83 bits per heavy atom. The minimum atomic E-state index is -1.76. The van der Waals surface area contributed by atoms with Crippen molar-refractivity contribution in [2.45, 2.75) is 0 Å². The first-order valence-corrected chi connectivity index (χ1v) is 3.55. The van der Waals surface area contributed by atoms with Crippen LogP contribution in [0.5, 0.6) is 0 Å². The molecule has 4 N–H and O–H groups in total. The zero-order chi connectivity index (χ0) is 4.28. The van der Waals surface area contributed by atoms with Crippen molar-refractivity contribution in [3.63, 3.8) is 0 Å². The van der Waals surface area contributed by atoms with Gasteiger partial charge in [0.1, 0.15) is 7.07 Å². The van der Waals surface area contributed by atoms with E-state index in [1.807, 2.05) is 5.20 Å². The van der Waals surface area contributed by atoms with E-state index in [9.17, 15) is 0 Å². The Balaban J connectivity index is 0. The number of hydrogen-bond donors (Lipinski definition) is 3. The number of nitrogens with one attached hydrogen (secondary N) is 1. The average Bonchev–Trinajstić information content (AvgIpc) is 1.38. The van der Waals surface area contributed by atoms with Crippen molar-refractivity contribution in [1.29, 1.82) is 0 Å². The molecular weight excluding hydrogens is 215 g/mol. The Kier molecular flexibility index (Phi) is 10.8. The standard InChI is InChI=1S/Ag.H5N2OPS/c;1-2-4(3)5/h;4H,1H2,(H2,2,3,5). The second-order valence-corrected chi connectivity index (χ2v) is 2.51. The molecule has 43 valence electrons. The van der Waals surface area contributed by atoms with E-state index >= 15 is 0 Å². The molecule has 0 amide bonds. The van der Waals surface area contributed by atoms with Gasteiger partial charge in [0, 0.05) is 22.4 Å². The van der Waals surface area contributed by atoms with Crippen LogP contribution in [0.4, 0.5) is 0 Å². The zero-order valence-electron chi connectivity index (χ0n) is 2.73. The first-order valence-electron chi connectivity index (χ1n) is 0.966. The van der Waals surface area contributed by atoms with Crippen molar-refractivity contribution in [3.8, 4) is 0 Å². The largest absolute Gasteiger partial charge is 0.355 e. The number of rotatable bonds is 1. The normalized spacial score (nSPS) is 12.3. The molecule has 0 aliphatic heterocycles. The van der Waals surface area contributed by atoms with E-state index in [4.69, 9.17) is 4.89 Å². The van der Waals surface area contributed by atoms with Crippen LogP contribution in [0.15, 0.2) is 0 Å². The Labute approximate surface area is 57.3 Å². The van der Waals surface area contributed by atoms with Crippen LogP contribution in [0, 0.1) is 0 Å². The summed E-state index contributed by atoms with van der Waals surface area (Å²) in [6, 6.07) is 0. The van der Waals surface area contributed by atoms with Crippen LogP contribution in [-0.2, 0) is 34.2 Å². The Bertz CT molecular complexity index is 48.8. The molecule has 0 spiro atoms. The molecule has 6 heteroatoms. The van der Waals surface area contributed by atoms with Crippen molar-refractivity contribution < 1.29 is 27.3 Å². The SMILES string of the molecule is NN[PH](O)=S.[Ag]. The van der Waals surface area contributed by atoms with Crippen LogP contribution < -0.4 is 11.0 Å². The maximum absolute atomic E-state index is 8.04. The fourth-order valence-electron chi connectivity index (χ4n) is 0.